The van der Waals surface area contributed by atoms with Gasteiger partial charge in [0.25, 0.3) is 0 Å². The summed E-state index contributed by atoms with van der Waals surface area (Å²) >= 11 is 0. The first-order chi connectivity index (χ1) is 9.76. The summed E-state index contributed by atoms with van der Waals surface area (Å²) in [6, 6.07) is 0.751. The van der Waals surface area contributed by atoms with Crippen LogP contribution in [0.2, 0.25) is 0 Å². The molecule has 0 aliphatic heterocycles. The summed E-state index contributed by atoms with van der Waals surface area (Å²) in [6.45, 7) is 14.1. The summed E-state index contributed by atoms with van der Waals surface area (Å²) in [5.74, 6) is 1.89. The summed E-state index contributed by atoms with van der Waals surface area (Å²) in [5, 5.41) is 3.88. The van der Waals surface area contributed by atoms with Gasteiger partial charge in [0.1, 0.15) is 0 Å². The minimum Gasteiger partial charge on any atom is -0.314 e. The van der Waals surface area contributed by atoms with Crippen molar-refractivity contribution in [2.75, 3.05) is 26.2 Å². The summed E-state index contributed by atoms with van der Waals surface area (Å²) in [6.07, 6.45) is 9.81. The molecule has 1 N–H and O–H groups in total. The fourth-order valence-electron chi connectivity index (χ4n) is 3.93. The van der Waals surface area contributed by atoms with E-state index in [0.717, 1.165) is 17.9 Å². The molecule has 3 unspecified atom stereocenters. The van der Waals surface area contributed by atoms with Crippen LogP contribution in [0.5, 0.6) is 0 Å². The Bertz CT molecular complexity index is 225. The van der Waals surface area contributed by atoms with Crippen molar-refractivity contribution >= 4 is 0 Å². The topological polar surface area (TPSA) is 15.3 Å². The van der Waals surface area contributed by atoms with Gasteiger partial charge in [-0.3, -0.25) is 0 Å². The zero-order valence-corrected chi connectivity index (χ0v) is 14.5. The van der Waals surface area contributed by atoms with E-state index in [1.54, 1.807) is 0 Å². The van der Waals surface area contributed by atoms with Gasteiger partial charge in [0.2, 0.25) is 0 Å². The highest BCUT2D eigenvalue weighted by Gasteiger charge is 2.30. The van der Waals surface area contributed by atoms with E-state index in [4.69, 9.17) is 0 Å². The SMILES string of the molecule is CCCNC(CCN(CC)CC)C1CCCCC1CC. The molecule has 0 aromatic heterocycles. The van der Waals surface area contributed by atoms with Crippen LogP contribution < -0.4 is 5.32 Å². The fourth-order valence-corrected chi connectivity index (χ4v) is 3.93. The lowest BCUT2D eigenvalue weighted by molar-refractivity contribution is 0.156. The number of hydrogen-bond donors (Lipinski definition) is 1. The Hall–Kier alpha value is -0.0800. The van der Waals surface area contributed by atoms with Gasteiger partial charge in [-0.1, -0.05) is 53.4 Å². The first-order valence-corrected chi connectivity index (χ1v) is 9.22. The molecular weight excluding hydrogens is 244 g/mol. The third-order valence-corrected chi connectivity index (χ3v) is 5.32. The molecule has 0 spiro atoms. The van der Waals surface area contributed by atoms with Crippen molar-refractivity contribution in [1.29, 1.82) is 0 Å². The monoisotopic (exact) mass is 282 g/mol. The molecule has 0 saturated heterocycles. The fraction of sp³-hybridized carbons (Fsp3) is 1.00. The van der Waals surface area contributed by atoms with Gasteiger partial charge in [0, 0.05) is 6.04 Å². The Balaban J connectivity index is 2.56. The van der Waals surface area contributed by atoms with E-state index in [9.17, 15) is 0 Å². The van der Waals surface area contributed by atoms with Crippen LogP contribution in [0.25, 0.3) is 0 Å². The average molecular weight is 283 g/mol. The van der Waals surface area contributed by atoms with Crippen LogP contribution in [-0.2, 0) is 0 Å². The average Bonchev–Trinajstić information content (AvgIpc) is 2.51. The Labute approximate surface area is 127 Å². The number of nitrogens with one attached hydrogen (secondary N) is 1. The summed E-state index contributed by atoms with van der Waals surface area (Å²) < 4.78 is 0. The first kappa shape index (κ1) is 18.0. The van der Waals surface area contributed by atoms with Crippen LogP contribution >= 0.6 is 0 Å². The van der Waals surface area contributed by atoms with Crippen molar-refractivity contribution in [3.05, 3.63) is 0 Å². The van der Waals surface area contributed by atoms with Gasteiger partial charge < -0.3 is 10.2 Å². The Morgan fingerprint density at radius 2 is 1.75 bits per heavy atom. The molecule has 2 nitrogen and oxygen atoms in total. The van der Waals surface area contributed by atoms with Crippen molar-refractivity contribution in [2.24, 2.45) is 11.8 Å². The van der Waals surface area contributed by atoms with Crippen LogP contribution in [0.15, 0.2) is 0 Å². The molecule has 1 aliphatic carbocycles. The third-order valence-electron chi connectivity index (χ3n) is 5.32. The van der Waals surface area contributed by atoms with Gasteiger partial charge in [0.05, 0.1) is 0 Å². The van der Waals surface area contributed by atoms with E-state index < -0.39 is 0 Å². The molecule has 3 atom stereocenters. The zero-order valence-electron chi connectivity index (χ0n) is 14.5. The van der Waals surface area contributed by atoms with Crippen molar-refractivity contribution < 1.29 is 0 Å². The maximum absolute atomic E-state index is 3.88. The third kappa shape index (κ3) is 5.73. The Morgan fingerprint density at radius 1 is 1.05 bits per heavy atom. The summed E-state index contributed by atoms with van der Waals surface area (Å²) in [7, 11) is 0. The second kappa shape index (κ2) is 10.6. The smallest absolute Gasteiger partial charge is 0.0110 e. The highest BCUT2D eigenvalue weighted by atomic mass is 15.1. The van der Waals surface area contributed by atoms with Gasteiger partial charge in [-0.15, -0.1) is 0 Å². The molecular formula is C18H38N2. The van der Waals surface area contributed by atoms with E-state index in [1.165, 1.54) is 71.1 Å². The highest BCUT2D eigenvalue weighted by molar-refractivity contribution is 4.85. The maximum atomic E-state index is 3.88. The molecule has 1 saturated carbocycles. The lowest BCUT2D eigenvalue weighted by Crippen LogP contribution is -2.43. The largest absolute Gasteiger partial charge is 0.314 e. The van der Waals surface area contributed by atoms with E-state index in [-0.39, 0.29) is 0 Å². The summed E-state index contributed by atoms with van der Waals surface area (Å²) in [4.78, 5) is 2.57. The predicted molar refractivity (Wildman–Crippen MR) is 90.2 cm³/mol. The number of rotatable bonds is 10. The lowest BCUT2D eigenvalue weighted by Gasteiger charge is -2.38. The summed E-state index contributed by atoms with van der Waals surface area (Å²) in [5.41, 5.74) is 0. The van der Waals surface area contributed by atoms with Crippen molar-refractivity contribution in [1.82, 2.24) is 10.2 Å². The Morgan fingerprint density at radius 3 is 2.35 bits per heavy atom. The van der Waals surface area contributed by atoms with Crippen LogP contribution in [0.1, 0.15) is 72.6 Å². The second-order valence-corrected chi connectivity index (χ2v) is 6.49. The molecule has 0 heterocycles. The molecule has 0 aromatic carbocycles. The predicted octanol–water partition coefficient (Wildman–Crippen LogP) is 4.30. The van der Waals surface area contributed by atoms with Crippen molar-refractivity contribution in [3.63, 3.8) is 0 Å². The molecule has 1 fully saturated rings. The number of hydrogen-bond acceptors (Lipinski definition) is 2. The second-order valence-electron chi connectivity index (χ2n) is 6.49. The molecule has 120 valence electrons. The number of nitrogens with zero attached hydrogens (tertiary/aromatic N) is 1. The normalized spacial score (nSPS) is 25.1. The molecule has 1 rings (SSSR count). The minimum absolute atomic E-state index is 0.751. The van der Waals surface area contributed by atoms with E-state index in [2.05, 4.69) is 37.9 Å². The van der Waals surface area contributed by atoms with Gasteiger partial charge in [-0.25, -0.2) is 0 Å². The first-order valence-electron chi connectivity index (χ1n) is 9.22. The van der Waals surface area contributed by atoms with Gasteiger partial charge >= 0.3 is 0 Å². The van der Waals surface area contributed by atoms with Crippen molar-refractivity contribution in [3.8, 4) is 0 Å². The zero-order chi connectivity index (χ0) is 14.8. The molecule has 2 heteroatoms. The van der Waals surface area contributed by atoms with Crippen LogP contribution in [-0.4, -0.2) is 37.1 Å². The molecule has 20 heavy (non-hydrogen) atoms. The molecule has 0 bridgehead atoms. The van der Waals surface area contributed by atoms with Crippen LogP contribution in [0, 0.1) is 11.8 Å². The molecule has 0 amide bonds. The van der Waals surface area contributed by atoms with Gasteiger partial charge in [-0.05, 0) is 57.3 Å². The standard InChI is InChI=1S/C18H38N2/c1-5-14-19-18(13-15-20(7-3)8-4)17-12-10-9-11-16(17)6-2/h16-19H,5-15H2,1-4H3. The quantitative estimate of drug-likeness (QED) is 0.642. The van der Waals surface area contributed by atoms with Crippen LogP contribution in [0.3, 0.4) is 0 Å². The van der Waals surface area contributed by atoms with E-state index in [0.29, 0.717) is 0 Å². The minimum atomic E-state index is 0.751. The molecule has 1 aliphatic rings. The maximum Gasteiger partial charge on any atom is 0.0110 e. The van der Waals surface area contributed by atoms with E-state index >= 15 is 0 Å². The highest BCUT2D eigenvalue weighted by Crippen LogP contribution is 2.35. The van der Waals surface area contributed by atoms with Gasteiger partial charge in [-0.2, -0.15) is 0 Å². The lowest BCUT2D eigenvalue weighted by atomic mass is 9.73. The molecule has 0 aromatic rings. The Kier molecular flexibility index (Phi) is 9.54. The van der Waals surface area contributed by atoms with Crippen LogP contribution in [0.4, 0.5) is 0 Å². The molecule has 0 radical (unpaired) electrons. The van der Waals surface area contributed by atoms with E-state index in [1.807, 2.05) is 0 Å². The van der Waals surface area contributed by atoms with Crippen molar-refractivity contribution in [2.45, 2.75) is 78.7 Å². The van der Waals surface area contributed by atoms with Gasteiger partial charge in [0.15, 0.2) is 0 Å².